The predicted octanol–water partition coefficient (Wildman–Crippen LogP) is 4.80. The Hall–Kier alpha value is -2.10. The molecule has 2 unspecified atom stereocenters. The van der Waals surface area contributed by atoms with Crippen LogP contribution in [-0.2, 0) is 44.8 Å². The Morgan fingerprint density at radius 1 is 0.478 bits per heavy atom. The standard InChI is InChI=1S/2C18H13.2C3H6.2ClH.2Hf/c2*1-2-7-13(6-1)15-10-5-11-17-16-9-4-3-8-14(16)12-18(15)17;2*1-3-2;;;;/h2*1-6,8-12H,7H2;2*1-2H3;2*1H;;/q;;;;;;2*+1/p-2. The number of rotatable bonds is 4. The molecule has 2 atom stereocenters. The minimum Gasteiger partial charge on any atom is -1.00 e. The van der Waals surface area contributed by atoms with Gasteiger partial charge in [-0.2, -0.15) is 0 Å². The van der Waals surface area contributed by atoms with E-state index in [1.165, 1.54) is 44.5 Å². The molecule has 0 amide bonds. The molecule has 0 bridgehead atoms. The Morgan fingerprint density at radius 2 is 0.848 bits per heavy atom. The average Bonchev–Trinajstić information content (AvgIpc) is 3.85. The normalized spacial score (nSPS) is 17.0. The van der Waals surface area contributed by atoms with Crippen molar-refractivity contribution in [1.29, 1.82) is 0 Å². The molecule has 4 heteroatoms. The van der Waals surface area contributed by atoms with Crippen LogP contribution in [0.3, 0.4) is 0 Å². The van der Waals surface area contributed by atoms with E-state index in [-0.39, 0.29) is 24.8 Å². The summed E-state index contributed by atoms with van der Waals surface area (Å²) in [6, 6.07) is 32.0. The molecule has 4 aliphatic carbocycles. The molecule has 0 spiro atoms. The maximum Gasteiger partial charge on any atom is -1.00 e. The van der Waals surface area contributed by atoms with Gasteiger partial charge in [-0.1, -0.05) is 0 Å². The van der Waals surface area contributed by atoms with Crippen LogP contribution in [0.25, 0.3) is 33.4 Å². The van der Waals surface area contributed by atoms with Gasteiger partial charge in [0.1, 0.15) is 0 Å². The molecule has 46 heavy (non-hydrogen) atoms. The van der Waals surface area contributed by atoms with Crippen LogP contribution in [0.5, 0.6) is 0 Å². The molecule has 0 saturated carbocycles. The number of hydrogen-bond acceptors (Lipinski definition) is 0. The molecule has 0 N–H and O–H groups in total. The number of benzene rings is 4. The Labute approximate surface area is 309 Å². The molecule has 228 valence electrons. The fraction of sp³-hybridized carbons (Fsp3) is 0.190. The summed E-state index contributed by atoms with van der Waals surface area (Å²) >= 11 is -1.68. The second kappa shape index (κ2) is 15.4. The molecule has 4 aromatic rings. The number of fused-ring (bicyclic) bond motifs is 6. The van der Waals surface area contributed by atoms with Crippen molar-refractivity contribution in [2.24, 2.45) is 0 Å². The average molecular weight is 971 g/mol. The van der Waals surface area contributed by atoms with E-state index < -0.39 is 44.8 Å². The van der Waals surface area contributed by atoms with Crippen LogP contribution in [0.1, 0.15) is 81.3 Å². The van der Waals surface area contributed by atoms with Crippen molar-refractivity contribution in [3.05, 3.63) is 155 Å². The van der Waals surface area contributed by atoms with Gasteiger partial charge in [-0.25, -0.2) is 0 Å². The van der Waals surface area contributed by atoms with Crippen molar-refractivity contribution < 1.29 is 69.7 Å². The summed E-state index contributed by atoms with van der Waals surface area (Å²) < 4.78 is 4.80. The fourth-order valence-electron chi connectivity index (χ4n) is 7.25. The van der Waals surface area contributed by atoms with Crippen LogP contribution in [0.4, 0.5) is 0 Å². The van der Waals surface area contributed by atoms with Gasteiger partial charge in [-0.05, 0) is 0 Å². The quantitative estimate of drug-likeness (QED) is 0.259. The van der Waals surface area contributed by atoms with Crippen molar-refractivity contribution >= 4 is 17.7 Å². The second-order valence-corrected chi connectivity index (χ2v) is 25.9. The Bertz CT molecular complexity index is 1820. The zero-order valence-corrected chi connectivity index (χ0v) is 35.6. The van der Waals surface area contributed by atoms with Gasteiger partial charge in [0.25, 0.3) is 0 Å². The smallest absolute Gasteiger partial charge is 1.00 e. The summed E-state index contributed by atoms with van der Waals surface area (Å²) in [4.78, 5) is 0. The zero-order chi connectivity index (χ0) is 30.2. The van der Waals surface area contributed by atoms with Gasteiger partial charge < -0.3 is 24.8 Å². The van der Waals surface area contributed by atoms with Crippen LogP contribution in [0.2, 0.25) is 0 Å². The van der Waals surface area contributed by atoms with Crippen LogP contribution in [0, 0.1) is 0 Å². The Kier molecular flexibility index (Phi) is 11.8. The zero-order valence-electron chi connectivity index (χ0n) is 26.9. The van der Waals surface area contributed by atoms with E-state index in [0.717, 1.165) is 12.8 Å². The van der Waals surface area contributed by atoms with Crippen molar-refractivity contribution in [1.82, 2.24) is 0 Å². The number of allylic oxidation sites excluding steroid dienone is 8. The second-order valence-electron chi connectivity index (χ2n) is 12.5. The van der Waals surface area contributed by atoms with E-state index in [4.69, 9.17) is 0 Å². The molecule has 0 saturated heterocycles. The van der Waals surface area contributed by atoms with Gasteiger partial charge in [0.15, 0.2) is 0 Å². The van der Waals surface area contributed by atoms with Crippen LogP contribution in [-0.4, -0.2) is 6.51 Å². The maximum absolute atomic E-state index is 2.36. The fourth-order valence-corrected chi connectivity index (χ4v) is 17.6. The van der Waals surface area contributed by atoms with Gasteiger partial charge in [0, 0.05) is 0 Å². The molecule has 0 aromatic heterocycles. The number of hydrogen-bond donors (Lipinski definition) is 0. The van der Waals surface area contributed by atoms with Gasteiger partial charge in [0.05, 0.1) is 0 Å². The SMILES string of the molecule is C[C](C)=[Hf+][CH]1c2ccccc2-c2cccc(C3=CC=CC3)c21.C[C](C)=[Hf+][CH]1c2ccccc2-c2cccc(C3=CC=CC3)c21.[Cl-].[Cl-]. The van der Waals surface area contributed by atoms with Crippen molar-refractivity contribution in [3.8, 4) is 22.3 Å². The summed E-state index contributed by atoms with van der Waals surface area (Å²) in [5.41, 5.74) is 18.3. The molecule has 0 fully saturated rings. The van der Waals surface area contributed by atoms with E-state index in [2.05, 4.69) is 149 Å². The summed E-state index contributed by atoms with van der Waals surface area (Å²) in [7, 11) is 0. The van der Waals surface area contributed by atoms with E-state index in [1.807, 2.05) is 0 Å². The first-order chi connectivity index (χ1) is 21.5. The van der Waals surface area contributed by atoms with Crippen LogP contribution >= 0.6 is 0 Å². The Balaban J connectivity index is 0.000000174. The first-order valence-corrected chi connectivity index (χ1v) is 23.6. The van der Waals surface area contributed by atoms with Crippen molar-refractivity contribution in [3.63, 3.8) is 0 Å². The molecule has 8 rings (SSSR count). The molecule has 0 nitrogen and oxygen atoms in total. The maximum atomic E-state index is 2.36. The molecule has 0 radical (unpaired) electrons. The summed E-state index contributed by atoms with van der Waals surface area (Å²) in [5, 5.41) is 0. The first-order valence-electron chi connectivity index (χ1n) is 15.8. The molecular formula is C42H38Cl2Hf2. The third-order valence-electron chi connectivity index (χ3n) is 9.01. The largest absolute Gasteiger partial charge is 1.00 e. The summed E-state index contributed by atoms with van der Waals surface area (Å²) in [6.07, 6.45) is 15.7. The monoisotopic (exact) mass is 972 g/mol. The predicted molar refractivity (Wildman–Crippen MR) is 184 cm³/mol. The van der Waals surface area contributed by atoms with E-state index in [9.17, 15) is 0 Å². The number of halogens is 2. The summed E-state index contributed by atoms with van der Waals surface area (Å²) in [6.45, 7) is 9.34. The van der Waals surface area contributed by atoms with Gasteiger partial charge in [-0.3, -0.25) is 0 Å². The Morgan fingerprint density at radius 3 is 1.22 bits per heavy atom. The minimum atomic E-state index is -0.840. The van der Waals surface area contributed by atoms with Crippen LogP contribution < -0.4 is 24.8 Å². The van der Waals surface area contributed by atoms with E-state index in [0.29, 0.717) is 7.35 Å². The summed E-state index contributed by atoms with van der Waals surface area (Å²) in [5.74, 6) is 0. The third kappa shape index (κ3) is 6.75. The van der Waals surface area contributed by atoms with E-state index in [1.54, 1.807) is 28.8 Å². The molecule has 4 aromatic carbocycles. The van der Waals surface area contributed by atoms with Gasteiger partial charge in [0.2, 0.25) is 0 Å². The van der Waals surface area contributed by atoms with Crippen LogP contribution in [0.15, 0.2) is 121 Å². The van der Waals surface area contributed by atoms with E-state index >= 15 is 0 Å². The van der Waals surface area contributed by atoms with Gasteiger partial charge in [-0.15, -0.1) is 0 Å². The van der Waals surface area contributed by atoms with Crippen molar-refractivity contribution in [2.75, 3.05) is 0 Å². The molecule has 0 aliphatic heterocycles. The third-order valence-corrected chi connectivity index (χ3v) is 19.5. The minimum absolute atomic E-state index is 0. The topological polar surface area (TPSA) is 0 Å². The van der Waals surface area contributed by atoms with Crippen molar-refractivity contribution in [2.45, 2.75) is 47.9 Å². The molecular weight excluding hydrogens is 932 g/mol. The molecule has 0 heterocycles. The molecule has 4 aliphatic rings. The first kappa shape index (κ1) is 35.2. The van der Waals surface area contributed by atoms with Gasteiger partial charge >= 0.3 is 287 Å².